The molecule has 2 aromatic carbocycles. The van der Waals surface area contributed by atoms with E-state index in [0.717, 1.165) is 28.4 Å². The Kier molecular flexibility index (Phi) is 7.07. The molecule has 2 atom stereocenters. The Hall–Kier alpha value is -4.18. The quantitative estimate of drug-likeness (QED) is 0.283. The van der Waals surface area contributed by atoms with Gasteiger partial charge in [0.25, 0.3) is 5.91 Å². The molecule has 2 aromatic heterocycles. The van der Waals surface area contributed by atoms with E-state index < -0.39 is 11.7 Å². The molecule has 0 spiro atoms. The number of hydrogen-bond donors (Lipinski definition) is 4. The van der Waals surface area contributed by atoms with Crippen molar-refractivity contribution in [3.05, 3.63) is 71.5 Å². The second kappa shape index (κ2) is 10.2. The molecule has 36 heavy (non-hydrogen) atoms. The molecule has 0 aliphatic heterocycles. The van der Waals surface area contributed by atoms with Gasteiger partial charge >= 0.3 is 0 Å². The lowest BCUT2D eigenvalue weighted by molar-refractivity contribution is 0.100. The number of benzene rings is 2. The molecular formula is C26H31FN8O. The van der Waals surface area contributed by atoms with Gasteiger partial charge in [0.2, 0.25) is 0 Å². The molecular weight excluding hydrogens is 459 g/mol. The lowest BCUT2D eigenvalue weighted by Gasteiger charge is -2.24. The van der Waals surface area contributed by atoms with Crippen LogP contribution in [-0.2, 0) is 13.5 Å². The number of aromatic nitrogens is 3. The van der Waals surface area contributed by atoms with Crippen molar-refractivity contribution in [1.82, 2.24) is 14.8 Å². The Morgan fingerprint density at radius 3 is 2.50 bits per heavy atom. The highest BCUT2D eigenvalue weighted by Gasteiger charge is 2.21. The van der Waals surface area contributed by atoms with Crippen LogP contribution >= 0.6 is 0 Å². The lowest BCUT2D eigenvalue weighted by Crippen LogP contribution is -2.40. The number of nitrogens with one attached hydrogen (secondary N) is 2. The van der Waals surface area contributed by atoms with Crippen LogP contribution in [-0.4, -0.2) is 46.9 Å². The number of fused-ring (bicyclic) bond motifs is 1. The van der Waals surface area contributed by atoms with Crippen LogP contribution in [0.4, 0.5) is 27.5 Å². The molecule has 0 radical (unpaired) electrons. The maximum Gasteiger partial charge on any atom is 0.252 e. The summed E-state index contributed by atoms with van der Waals surface area (Å²) in [6.45, 7) is 1.85. The molecule has 0 saturated carbocycles. The van der Waals surface area contributed by atoms with Crippen LogP contribution in [0.5, 0.6) is 0 Å². The van der Waals surface area contributed by atoms with E-state index in [1.54, 1.807) is 4.68 Å². The van der Waals surface area contributed by atoms with Gasteiger partial charge < -0.3 is 27.0 Å². The minimum absolute atomic E-state index is 0.0165. The molecule has 2 heterocycles. The first-order chi connectivity index (χ1) is 17.1. The van der Waals surface area contributed by atoms with Crippen molar-refractivity contribution in [1.29, 1.82) is 0 Å². The van der Waals surface area contributed by atoms with E-state index >= 15 is 4.39 Å². The first kappa shape index (κ1) is 24.9. The molecule has 188 valence electrons. The number of hydrogen-bond acceptors (Lipinski definition) is 7. The van der Waals surface area contributed by atoms with Gasteiger partial charge in [-0.2, -0.15) is 5.10 Å². The fraction of sp³-hybridized carbons (Fsp3) is 0.269. The van der Waals surface area contributed by atoms with Crippen molar-refractivity contribution >= 4 is 40.0 Å². The number of nitrogens with zero attached hydrogens (tertiary/aromatic N) is 4. The minimum Gasteiger partial charge on any atom is -0.365 e. The molecule has 4 rings (SSSR count). The molecule has 0 aliphatic rings. The van der Waals surface area contributed by atoms with Gasteiger partial charge in [0, 0.05) is 44.3 Å². The van der Waals surface area contributed by atoms with Crippen molar-refractivity contribution in [3.8, 4) is 0 Å². The predicted molar refractivity (Wildman–Crippen MR) is 142 cm³/mol. The van der Waals surface area contributed by atoms with Crippen molar-refractivity contribution in [2.45, 2.75) is 25.4 Å². The SMILES string of the molecule is C[C@H](N)[C@@H](Cc1ccccc1)Nc1nc(Nc2ccc3c(c2)c(N(C)C)nn3C)c(C(N)=O)cc1F. The van der Waals surface area contributed by atoms with Crippen molar-refractivity contribution < 1.29 is 9.18 Å². The number of nitrogens with two attached hydrogens (primary N) is 2. The van der Waals surface area contributed by atoms with E-state index in [1.165, 1.54) is 0 Å². The zero-order valence-electron chi connectivity index (χ0n) is 20.8. The Balaban J connectivity index is 1.69. The normalized spacial score (nSPS) is 12.8. The van der Waals surface area contributed by atoms with Gasteiger partial charge in [-0.05, 0) is 43.2 Å². The van der Waals surface area contributed by atoms with Crippen LogP contribution in [0.1, 0.15) is 22.8 Å². The van der Waals surface area contributed by atoms with Gasteiger partial charge in [0.1, 0.15) is 5.82 Å². The molecule has 4 aromatic rings. The zero-order chi connectivity index (χ0) is 26.0. The summed E-state index contributed by atoms with van der Waals surface area (Å²) in [6, 6.07) is 15.9. The predicted octanol–water partition coefficient (Wildman–Crippen LogP) is 3.39. The Bertz CT molecular complexity index is 1380. The summed E-state index contributed by atoms with van der Waals surface area (Å²) in [5.74, 6) is -0.562. The lowest BCUT2D eigenvalue weighted by atomic mass is 10.0. The maximum atomic E-state index is 15.0. The number of primary amides is 1. The summed E-state index contributed by atoms with van der Waals surface area (Å²) in [7, 11) is 5.70. The van der Waals surface area contributed by atoms with Crippen molar-refractivity contribution in [3.63, 3.8) is 0 Å². The number of carbonyl (C=O) groups excluding carboxylic acids is 1. The van der Waals surface area contributed by atoms with Crippen LogP contribution in [0, 0.1) is 5.82 Å². The number of halogens is 1. The van der Waals surface area contributed by atoms with E-state index in [2.05, 4.69) is 20.7 Å². The third-order valence-electron chi connectivity index (χ3n) is 6.01. The van der Waals surface area contributed by atoms with E-state index in [4.69, 9.17) is 11.5 Å². The summed E-state index contributed by atoms with van der Waals surface area (Å²) in [6.07, 6.45) is 0.574. The van der Waals surface area contributed by atoms with Gasteiger partial charge in [-0.3, -0.25) is 9.48 Å². The number of rotatable bonds is 9. The van der Waals surface area contributed by atoms with Crippen LogP contribution in [0.3, 0.4) is 0 Å². The third kappa shape index (κ3) is 5.23. The highest BCUT2D eigenvalue weighted by atomic mass is 19.1. The van der Waals surface area contributed by atoms with E-state index in [9.17, 15) is 4.79 Å². The molecule has 1 amide bonds. The summed E-state index contributed by atoms with van der Waals surface area (Å²) in [4.78, 5) is 18.4. The zero-order valence-corrected chi connectivity index (χ0v) is 20.8. The van der Waals surface area contributed by atoms with Crippen LogP contribution in [0.25, 0.3) is 10.9 Å². The van der Waals surface area contributed by atoms with Gasteiger partial charge in [-0.1, -0.05) is 30.3 Å². The van der Waals surface area contributed by atoms with Gasteiger partial charge in [0.05, 0.1) is 11.1 Å². The molecule has 0 aliphatic carbocycles. The molecule has 6 N–H and O–H groups in total. The average Bonchev–Trinajstić information content (AvgIpc) is 3.17. The summed E-state index contributed by atoms with van der Waals surface area (Å²) in [5.41, 5.74) is 14.3. The van der Waals surface area contributed by atoms with Gasteiger partial charge in [-0.25, -0.2) is 9.37 Å². The van der Waals surface area contributed by atoms with Crippen LogP contribution < -0.4 is 27.0 Å². The smallest absolute Gasteiger partial charge is 0.252 e. The summed E-state index contributed by atoms with van der Waals surface area (Å²) in [5, 5.41) is 11.7. The average molecular weight is 491 g/mol. The van der Waals surface area contributed by atoms with Gasteiger partial charge in [0.15, 0.2) is 17.5 Å². The minimum atomic E-state index is -0.792. The molecule has 9 nitrogen and oxygen atoms in total. The fourth-order valence-electron chi connectivity index (χ4n) is 4.08. The molecule has 0 fully saturated rings. The summed E-state index contributed by atoms with van der Waals surface area (Å²) >= 11 is 0. The topological polar surface area (TPSA) is 127 Å². The number of pyridine rings is 1. The van der Waals surface area contributed by atoms with E-state index in [-0.39, 0.29) is 29.3 Å². The van der Waals surface area contributed by atoms with Crippen LogP contribution in [0.15, 0.2) is 54.6 Å². The monoisotopic (exact) mass is 490 g/mol. The first-order valence-electron chi connectivity index (χ1n) is 11.6. The van der Waals surface area contributed by atoms with Crippen LogP contribution in [0.2, 0.25) is 0 Å². The second-order valence-electron chi connectivity index (χ2n) is 9.08. The number of aryl methyl sites for hydroxylation is 1. The highest BCUT2D eigenvalue weighted by molar-refractivity contribution is 5.99. The Morgan fingerprint density at radius 1 is 1.14 bits per heavy atom. The Morgan fingerprint density at radius 2 is 1.86 bits per heavy atom. The third-order valence-corrected chi connectivity index (χ3v) is 6.01. The van der Waals surface area contributed by atoms with E-state index in [0.29, 0.717) is 12.1 Å². The molecule has 0 saturated heterocycles. The largest absolute Gasteiger partial charge is 0.365 e. The first-order valence-corrected chi connectivity index (χ1v) is 11.6. The van der Waals surface area contributed by atoms with Crippen molar-refractivity contribution in [2.24, 2.45) is 18.5 Å². The summed E-state index contributed by atoms with van der Waals surface area (Å²) < 4.78 is 16.8. The van der Waals surface area contributed by atoms with Crippen molar-refractivity contribution in [2.75, 3.05) is 29.6 Å². The number of carbonyl (C=O) groups is 1. The molecule has 0 unspecified atom stereocenters. The fourth-order valence-corrected chi connectivity index (χ4v) is 4.08. The van der Waals surface area contributed by atoms with Gasteiger partial charge in [-0.15, -0.1) is 0 Å². The number of amides is 1. The molecule has 10 heteroatoms. The standard InChI is InChI=1S/C26H31FN8O/c1-15(28)21(12-16-8-6-5-7-9-16)31-25-20(27)14-19(23(29)36)24(32-25)30-17-10-11-22-18(13-17)26(34(2)3)33-35(22)4/h5-11,13-15,21H,12,28H2,1-4H3,(H2,29,36)(H2,30,31,32)/t15-,21+/m0/s1. The van der Waals surface area contributed by atoms with E-state index in [1.807, 2.05) is 81.5 Å². The molecule has 0 bridgehead atoms. The second-order valence-corrected chi connectivity index (χ2v) is 9.08. The maximum absolute atomic E-state index is 15.0. The highest BCUT2D eigenvalue weighted by Crippen LogP contribution is 2.30. The number of anilines is 4. The Labute approximate surface area is 209 Å².